The summed E-state index contributed by atoms with van der Waals surface area (Å²) in [6.07, 6.45) is 6.26. The first-order valence-corrected chi connectivity index (χ1v) is 11.4. The van der Waals surface area contributed by atoms with Gasteiger partial charge in [-0.3, -0.25) is 4.79 Å². The number of allylic oxidation sites excluding steroid dienone is 3. The number of hydrogen-bond acceptors (Lipinski definition) is 5. The average molecular weight is 440 g/mol. The van der Waals surface area contributed by atoms with Crippen LogP contribution in [0.3, 0.4) is 0 Å². The van der Waals surface area contributed by atoms with Crippen molar-refractivity contribution in [2.24, 2.45) is 5.73 Å². The molecular formula is C20H23ClFN3O3S. The van der Waals surface area contributed by atoms with Crippen molar-refractivity contribution in [1.29, 1.82) is 0 Å². The lowest BCUT2D eigenvalue weighted by Gasteiger charge is -2.37. The van der Waals surface area contributed by atoms with Gasteiger partial charge in [-0.1, -0.05) is 6.92 Å². The Bertz CT molecular complexity index is 1020. The Labute approximate surface area is 174 Å². The van der Waals surface area contributed by atoms with Crippen LogP contribution < -0.4 is 11.1 Å². The highest BCUT2D eigenvalue weighted by atomic mass is 35.5. The molecule has 1 aromatic carbocycles. The highest BCUT2D eigenvalue weighted by Gasteiger charge is 2.29. The van der Waals surface area contributed by atoms with E-state index in [9.17, 15) is 17.6 Å². The van der Waals surface area contributed by atoms with Crippen LogP contribution in [0.2, 0.25) is 0 Å². The lowest BCUT2D eigenvalue weighted by atomic mass is 9.99. The third-order valence-electron chi connectivity index (χ3n) is 5.00. The lowest BCUT2D eigenvalue weighted by molar-refractivity contribution is -0.114. The van der Waals surface area contributed by atoms with E-state index in [2.05, 4.69) is 5.32 Å². The molecule has 0 saturated carbocycles. The number of nitrogens with one attached hydrogen (secondary N) is 1. The monoisotopic (exact) mass is 439 g/mol. The molecular weight excluding hydrogens is 417 g/mol. The van der Waals surface area contributed by atoms with Crippen LogP contribution in [0.5, 0.6) is 0 Å². The Morgan fingerprint density at radius 2 is 2.17 bits per heavy atom. The van der Waals surface area contributed by atoms with E-state index in [1.165, 1.54) is 12.1 Å². The van der Waals surface area contributed by atoms with E-state index in [-0.39, 0.29) is 22.6 Å². The molecule has 3 N–H and O–H groups in total. The fourth-order valence-corrected chi connectivity index (χ4v) is 4.94. The van der Waals surface area contributed by atoms with E-state index in [0.717, 1.165) is 11.8 Å². The van der Waals surface area contributed by atoms with Crippen molar-refractivity contribution < 1.29 is 17.6 Å². The summed E-state index contributed by atoms with van der Waals surface area (Å²) in [5.41, 5.74) is 7.57. The van der Waals surface area contributed by atoms with Gasteiger partial charge in [0.2, 0.25) is 0 Å². The van der Waals surface area contributed by atoms with Crippen LogP contribution in [0, 0.1) is 5.82 Å². The fraction of sp³-hybridized carbons (Fsp3) is 0.350. The minimum Gasteiger partial charge on any atom is -0.367 e. The van der Waals surface area contributed by atoms with Crippen LogP contribution in [-0.4, -0.2) is 36.9 Å². The van der Waals surface area contributed by atoms with Crippen molar-refractivity contribution in [2.45, 2.75) is 36.6 Å². The molecule has 0 aromatic heterocycles. The number of carbonyl (C=O) groups is 1. The molecule has 0 spiro atoms. The van der Waals surface area contributed by atoms with Gasteiger partial charge >= 0.3 is 0 Å². The van der Waals surface area contributed by atoms with Crippen LogP contribution in [0.4, 0.5) is 4.39 Å². The van der Waals surface area contributed by atoms with E-state index < -0.39 is 21.6 Å². The molecule has 1 unspecified atom stereocenters. The maximum atomic E-state index is 13.9. The number of primary amides is 1. The second-order valence-corrected chi connectivity index (χ2v) is 9.81. The van der Waals surface area contributed by atoms with Crippen molar-refractivity contribution in [2.75, 3.05) is 12.3 Å². The number of carbonyl (C=O) groups excluding carboxylic acids is 1. The lowest BCUT2D eigenvalue weighted by Crippen LogP contribution is -2.38. The molecule has 29 heavy (non-hydrogen) atoms. The standard InChI is InChI=1S/C20H23ClFN3O3S/c1-2-29(27,28)18-8-6-15(22)10-13(18)11-25-12-14(21)5-7-17(25)19-16(20(23)26)4-3-9-24-19/h3-4,6,8-10,14,24H,2,5,7,11-12H2,1H3,(H2,23,26)/b19-17-. The molecule has 1 fully saturated rings. The smallest absolute Gasteiger partial charge is 0.250 e. The zero-order chi connectivity index (χ0) is 21.2. The Morgan fingerprint density at radius 3 is 2.86 bits per heavy atom. The molecule has 156 valence electrons. The predicted molar refractivity (Wildman–Crippen MR) is 110 cm³/mol. The number of likely N-dealkylation sites (tertiary alicyclic amines) is 1. The van der Waals surface area contributed by atoms with Gasteiger partial charge in [-0.15, -0.1) is 11.6 Å². The number of sulfone groups is 1. The fourth-order valence-electron chi connectivity index (χ4n) is 3.55. The third kappa shape index (κ3) is 4.64. The number of amides is 1. The summed E-state index contributed by atoms with van der Waals surface area (Å²) < 4.78 is 38.9. The van der Waals surface area contributed by atoms with Crippen molar-refractivity contribution in [3.63, 3.8) is 0 Å². The number of alkyl halides is 1. The molecule has 3 rings (SSSR count). The van der Waals surface area contributed by atoms with Gasteiger partial charge in [0.1, 0.15) is 5.82 Å². The van der Waals surface area contributed by atoms with Crippen molar-refractivity contribution in [1.82, 2.24) is 10.2 Å². The minimum absolute atomic E-state index is 0.0847. The van der Waals surface area contributed by atoms with Crippen LogP contribution in [0.25, 0.3) is 0 Å². The first kappa shape index (κ1) is 21.4. The van der Waals surface area contributed by atoms with Crippen LogP contribution in [0.15, 0.2) is 58.4 Å². The molecule has 9 heteroatoms. The maximum Gasteiger partial charge on any atom is 0.250 e. The topological polar surface area (TPSA) is 92.5 Å². The van der Waals surface area contributed by atoms with E-state index in [1.807, 2.05) is 4.90 Å². The molecule has 2 aliphatic rings. The molecule has 1 atom stereocenters. The van der Waals surface area contributed by atoms with E-state index in [1.54, 1.807) is 25.3 Å². The number of piperidine rings is 1. The minimum atomic E-state index is -3.53. The largest absolute Gasteiger partial charge is 0.367 e. The Balaban J connectivity index is 2.06. The molecule has 2 aliphatic heterocycles. The zero-order valence-electron chi connectivity index (χ0n) is 16.0. The molecule has 1 amide bonds. The van der Waals surface area contributed by atoms with E-state index in [0.29, 0.717) is 36.2 Å². The third-order valence-corrected chi connectivity index (χ3v) is 7.19. The number of hydrogen-bond donors (Lipinski definition) is 2. The maximum absolute atomic E-state index is 13.9. The second-order valence-electron chi connectivity index (χ2n) is 6.94. The van der Waals surface area contributed by atoms with Gasteiger partial charge < -0.3 is 16.0 Å². The molecule has 6 nitrogen and oxygen atoms in total. The van der Waals surface area contributed by atoms with Crippen molar-refractivity contribution >= 4 is 27.3 Å². The predicted octanol–water partition coefficient (Wildman–Crippen LogP) is 2.56. The summed E-state index contributed by atoms with van der Waals surface area (Å²) in [4.78, 5) is 13.9. The molecule has 0 aliphatic carbocycles. The Kier molecular flexibility index (Phi) is 6.33. The van der Waals surface area contributed by atoms with Gasteiger partial charge in [0.15, 0.2) is 9.84 Å². The number of dihydropyridines is 1. The molecule has 0 radical (unpaired) electrons. The van der Waals surface area contributed by atoms with Crippen molar-refractivity contribution in [3.8, 4) is 0 Å². The average Bonchev–Trinajstić information content (AvgIpc) is 2.68. The number of nitrogens with two attached hydrogens (primary N) is 1. The summed E-state index contributed by atoms with van der Waals surface area (Å²) in [6.45, 7) is 2.12. The molecule has 0 bridgehead atoms. The van der Waals surface area contributed by atoms with Gasteiger partial charge in [-0.25, -0.2) is 12.8 Å². The second kappa shape index (κ2) is 8.59. The molecule has 2 heterocycles. The number of halogens is 2. The number of rotatable bonds is 5. The first-order chi connectivity index (χ1) is 13.7. The van der Waals surface area contributed by atoms with Gasteiger partial charge in [0.25, 0.3) is 5.91 Å². The molecule has 1 saturated heterocycles. The highest BCUT2D eigenvalue weighted by Crippen LogP contribution is 2.32. The number of benzene rings is 1. The summed E-state index contributed by atoms with van der Waals surface area (Å²) in [5.74, 6) is -1.17. The zero-order valence-corrected chi connectivity index (χ0v) is 17.6. The summed E-state index contributed by atoms with van der Waals surface area (Å²) in [6, 6.07) is 3.68. The van der Waals surface area contributed by atoms with Gasteiger partial charge in [0, 0.05) is 25.0 Å². The van der Waals surface area contributed by atoms with Gasteiger partial charge in [-0.05, 0) is 48.8 Å². The van der Waals surface area contributed by atoms with Gasteiger partial charge in [-0.2, -0.15) is 0 Å². The normalized spacial score (nSPS) is 22.2. The summed E-state index contributed by atoms with van der Waals surface area (Å²) >= 11 is 6.37. The van der Waals surface area contributed by atoms with Gasteiger partial charge in [0.05, 0.1) is 27.3 Å². The van der Waals surface area contributed by atoms with Crippen LogP contribution in [-0.2, 0) is 21.2 Å². The van der Waals surface area contributed by atoms with Crippen LogP contribution >= 0.6 is 11.6 Å². The number of nitrogens with zero attached hydrogens (tertiary/aromatic N) is 1. The Morgan fingerprint density at radius 1 is 1.41 bits per heavy atom. The van der Waals surface area contributed by atoms with Crippen LogP contribution in [0.1, 0.15) is 25.3 Å². The quantitative estimate of drug-likeness (QED) is 0.543. The summed E-state index contributed by atoms with van der Waals surface area (Å²) in [7, 11) is -3.53. The SMILES string of the molecule is CCS(=O)(=O)c1ccc(F)cc1CN1CC(Cl)CC/C1=C1/NC=CC=C1C(N)=O. The Hall–Kier alpha value is -2.32. The van der Waals surface area contributed by atoms with E-state index in [4.69, 9.17) is 17.3 Å². The first-order valence-electron chi connectivity index (χ1n) is 9.29. The molecule has 1 aromatic rings. The van der Waals surface area contributed by atoms with E-state index >= 15 is 0 Å². The van der Waals surface area contributed by atoms with Crippen molar-refractivity contribution in [3.05, 3.63) is 64.9 Å². The highest BCUT2D eigenvalue weighted by molar-refractivity contribution is 7.91. The summed E-state index contributed by atoms with van der Waals surface area (Å²) in [5, 5.41) is 2.92.